The van der Waals surface area contributed by atoms with Gasteiger partial charge in [0.25, 0.3) is 5.91 Å². The number of carbonyl (C=O) groups excluding carboxylic acids is 2. The van der Waals surface area contributed by atoms with Gasteiger partial charge in [0.05, 0.1) is 18.4 Å². The molecule has 3 rings (SSSR count). The molecule has 0 unspecified atom stereocenters. The molecule has 0 fully saturated rings. The first-order valence-electron chi connectivity index (χ1n) is 10.4. The summed E-state index contributed by atoms with van der Waals surface area (Å²) in [6, 6.07) is 11.3. The lowest BCUT2D eigenvalue weighted by Crippen LogP contribution is -2.30. The first-order valence-corrected chi connectivity index (χ1v) is 10.4. The number of anilines is 2. The summed E-state index contributed by atoms with van der Waals surface area (Å²) in [7, 11) is 1.28. The van der Waals surface area contributed by atoms with Crippen LogP contribution in [0.4, 0.5) is 29.3 Å². The van der Waals surface area contributed by atoms with Crippen LogP contribution in [-0.4, -0.2) is 30.1 Å². The predicted octanol–water partition coefficient (Wildman–Crippen LogP) is 5.68. The van der Waals surface area contributed by atoms with Crippen LogP contribution in [-0.2, 0) is 6.18 Å². The van der Waals surface area contributed by atoms with Crippen LogP contribution in [0, 0.1) is 0 Å². The van der Waals surface area contributed by atoms with Crippen molar-refractivity contribution in [3.8, 4) is 17.2 Å². The molecule has 0 saturated carbocycles. The van der Waals surface area contributed by atoms with Gasteiger partial charge in [0.2, 0.25) is 0 Å². The summed E-state index contributed by atoms with van der Waals surface area (Å²) in [5.41, 5.74) is -0.477. The second-order valence-electron chi connectivity index (χ2n) is 7.62. The van der Waals surface area contributed by atoms with E-state index in [1.807, 2.05) is 13.8 Å². The summed E-state index contributed by atoms with van der Waals surface area (Å²) in [5.74, 6) is 0.574. The Balaban J connectivity index is 1.64. The lowest BCUT2D eigenvalue weighted by Gasteiger charge is -2.14. The molecule has 0 aliphatic rings. The Labute approximate surface area is 199 Å². The van der Waals surface area contributed by atoms with Gasteiger partial charge >= 0.3 is 12.2 Å². The molecule has 3 amide bonds. The number of amides is 3. The smallest absolute Gasteiger partial charge is 0.416 e. The Morgan fingerprint density at radius 1 is 0.943 bits per heavy atom. The Morgan fingerprint density at radius 2 is 1.66 bits per heavy atom. The van der Waals surface area contributed by atoms with E-state index < -0.39 is 17.8 Å². The largest absolute Gasteiger partial charge is 0.495 e. The maximum absolute atomic E-state index is 13.0. The number of aromatic nitrogens is 1. The van der Waals surface area contributed by atoms with E-state index in [0.29, 0.717) is 17.2 Å². The van der Waals surface area contributed by atoms with Crippen molar-refractivity contribution < 1.29 is 32.2 Å². The third kappa shape index (κ3) is 7.10. The molecule has 3 N–H and O–H groups in total. The highest BCUT2D eigenvalue weighted by molar-refractivity contribution is 6.00. The van der Waals surface area contributed by atoms with E-state index in [9.17, 15) is 22.8 Å². The van der Waals surface area contributed by atoms with Crippen molar-refractivity contribution in [1.29, 1.82) is 0 Å². The lowest BCUT2D eigenvalue weighted by atomic mass is 10.2. The number of urea groups is 1. The molecular formula is C24H23F3N4O4. The van der Waals surface area contributed by atoms with Gasteiger partial charge < -0.3 is 25.4 Å². The monoisotopic (exact) mass is 488 g/mol. The molecule has 3 aromatic rings. The topological polar surface area (TPSA) is 102 Å². The first-order chi connectivity index (χ1) is 16.5. The van der Waals surface area contributed by atoms with E-state index in [1.165, 1.54) is 19.4 Å². The molecule has 35 heavy (non-hydrogen) atoms. The zero-order valence-corrected chi connectivity index (χ0v) is 19.1. The first kappa shape index (κ1) is 25.3. The van der Waals surface area contributed by atoms with Gasteiger partial charge in [-0.05, 0) is 62.4 Å². The van der Waals surface area contributed by atoms with Crippen LogP contribution in [0.5, 0.6) is 17.2 Å². The number of alkyl halides is 3. The summed E-state index contributed by atoms with van der Waals surface area (Å²) in [4.78, 5) is 28.5. The van der Waals surface area contributed by atoms with E-state index >= 15 is 0 Å². The molecule has 0 saturated heterocycles. The lowest BCUT2D eigenvalue weighted by molar-refractivity contribution is -0.137. The fraction of sp³-hybridized carbons (Fsp3) is 0.208. The SMILES string of the molecule is COc1ccc(C(F)(F)F)cc1NC(=O)Nc1ccc(Oc2ccnc(C(=O)NC(C)C)c2)cc1. The number of pyridine rings is 1. The second kappa shape index (κ2) is 10.8. The summed E-state index contributed by atoms with van der Waals surface area (Å²) >= 11 is 0. The minimum absolute atomic E-state index is 0.0409. The van der Waals surface area contributed by atoms with E-state index in [4.69, 9.17) is 9.47 Å². The average Bonchev–Trinajstić information content (AvgIpc) is 2.79. The number of nitrogens with zero attached hydrogens (tertiary/aromatic N) is 1. The minimum Gasteiger partial charge on any atom is -0.495 e. The molecule has 0 atom stereocenters. The fourth-order valence-electron chi connectivity index (χ4n) is 2.94. The van der Waals surface area contributed by atoms with Gasteiger partial charge in [0.15, 0.2) is 0 Å². The summed E-state index contributed by atoms with van der Waals surface area (Å²) in [5, 5.41) is 7.63. The number of benzene rings is 2. The summed E-state index contributed by atoms with van der Waals surface area (Å²) in [6.45, 7) is 3.68. The van der Waals surface area contributed by atoms with Gasteiger partial charge in [-0.2, -0.15) is 13.2 Å². The van der Waals surface area contributed by atoms with Crippen molar-refractivity contribution in [2.45, 2.75) is 26.1 Å². The van der Waals surface area contributed by atoms with E-state index in [1.54, 1.807) is 30.3 Å². The van der Waals surface area contributed by atoms with Crippen LogP contribution in [0.15, 0.2) is 60.8 Å². The highest BCUT2D eigenvalue weighted by atomic mass is 19.4. The van der Waals surface area contributed by atoms with Crippen LogP contribution in [0.1, 0.15) is 29.9 Å². The molecule has 0 aliphatic heterocycles. The number of methoxy groups -OCH3 is 1. The third-order valence-corrected chi connectivity index (χ3v) is 4.51. The maximum Gasteiger partial charge on any atom is 0.416 e. The van der Waals surface area contributed by atoms with Crippen molar-refractivity contribution in [2.24, 2.45) is 0 Å². The van der Waals surface area contributed by atoms with Crippen molar-refractivity contribution in [3.63, 3.8) is 0 Å². The highest BCUT2D eigenvalue weighted by Crippen LogP contribution is 2.35. The molecule has 2 aromatic carbocycles. The Hall–Kier alpha value is -4.28. The molecule has 0 spiro atoms. The van der Waals surface area contributed by atoms with E-state index in [2.05, 4.69) is 20.9 Å². The van der Waals surface area contributed by atoms with Gasteiger partial charge in [-0.25, -0.2) is 4.79 Å². The molecule has 0 radical (unpaired) electrons. The summed E-state index contributed by atoms with van der Waals surface area (Å²) < 4.78 is 49.7. The molecule has 8 nitrogen and oxygen atoms in total. The van der Waals surface area contributed by atoms with Gasteiger partial charge in [-0.1, -0.05) is 0 Å². The number of ether oxygens (including phenoxy) is 2. The Bertz CT molecular complexity index is 1200. The normalized spacial score (nSPS) is 11.1. The Kier molecular flexibility index (Phi) is 7.80. The zero-order valence-electron chi connectivity index (χ0n) is 19.1. The Morgan fingerprint density at radius 3 is 2.29 bits per heavy atom. The average molecular weight is 488 g/mol. The van der Waals surface area contributed by atoms with Crippen LogP contribution >= 0.6 is 0 Å². The van der Waals surface area contributed by atoms with Crippen LogP contribution in [0.25, 0.3) is 0 Å². The number of nitrogens with one attached hydrogen (secondary N) is 3. The number of carbonyl (C=O) groups is 2. The van der Waals surface area contributed by atoms with Gasteiger partial charge in [0.1, 0.15) is 22.9 Å². The number of hydrogen-bond donors (Lipinski definition) is 3. The van der Waals surface area contributed by atoms with E-state index in [-0.39, 0.29) is 29.1 Å². The third-order valence-electron chi connectivity index (χ3n) is 4.51. The minimum atomic E-state index is -4.57. The van der Waals surface area contributed by atoms with Crippen LogP contribution in [0.3, 0.4) is 0 Å². The van der Waals surface area contributed by atoms with Crippen LogP contribution in [0.2, 0.25) is 0 Å². The highest BCUT2D eigenvalue weighted by Gasteiger charge is 2.31. The van der Waals surface area contributed by atoms with Gasteiger partial charge in [-0.3, -0.25) is 9.78 Å². The number of halogens is 3. The quantitative estimate of drug-likeness (QED) is 0.397. The molecule has 184 valence electrons. The fourth-order valence-corrected chi connectivity index (χ4v) is 2.94. The van der Waals surface area contributed by atoms with Gasteiger partial charge in [-0.15, -0.1) is 0 Å². The standard InChI is InChI=1S/C24H23F3N4O4/c1-14(2)29-22(32)20-13-18(10-11-28-20)35-17-7-5-16(6-8-17)30-23(33)31-19-12-15(24(25,26)27)4-9-21(19)34-3/h4-14H,1-3H3,(H,29,32)(H2,30,31,33). The predicted molar refractivity (Wildman–Crippen MR) is 124 cm³/mol. The molecule has 1 aromatic heterocycles. The zero-order chi connectivity index (χ0) is 25.6. The van der Waals surface area contributed by atoms with Crippen molar-refractivity contribution in [3.05, 3.63) is 72.1 Å². The van der Waals surface area contributed by atoms with Crippen molar-refractivity contribution >= 4 is 23.3 Å². The number of rotatable bonds is 7. The van der Waals surface area contributed by atoms with Crippen molar-refractivity contribution in [2.75, 3.05) is 17.7 Å². The summed E-state index contributed by atoms with van der Waals surface area (Å²) in [6.07, 6.45) is -3.12. The number of hydrogen-bond acceptors (Lipinski definition) is 5. The molecular weight excluding hydrogens is 465 g/mol. The second-order valence-corrected chi connectivity index (χ2v) is 7.62. The molecule has 0 bridgehead atoms. The van der Waals surface area contributed by atoms with Crippen molar-refractivity contribution in [1.82, 2.24) is 10.3 Å². The molecule has 11 heteroatoms. The van der Waals surface area contributed by atoms with Crippen LogP contribution < -0.4 is 25.4 Å². The molecule has 1 heterocycles. The van der Waals surface area contributed by atoms with E-state index in [0.717, 1.165) is 18.2 Å². The molecule has 0 aliphatic carbocycles. The maximum atomic E-state index is 13.0. The van der Waals surface area contributed by atoms with Gasteiger partial charge in [0, 0.05) is 24.0 Å².